The Morgan fingerprint density at radius 1 is 1.19 bits per heavy atom. The predicted molar refractivity (Wildman–Crippen MR) is 111 cm³/mol. The van der Waals surface area contributed by atoms with Gasteiger partial charge in [0.2, 0.25) is 11.7 Å². The fourth-order valence-corrected chi connectivity index (χ4v) is 4.08. The Hall–Kier alpha value is -3.54. The normalized spacial score (nSPS) is 11.8. The van der Waals surface area contributed by atoms with Gasteiger partial charge in [-0.05, 0) is 43.7 Å². The lowest BCUT2D eigenvalue weighted by Crippen LogP contribution is -2.16. The number of aromatic nitrogens is 4. The maximum atomic E-state index is 12.6. The molecule has 12 heteroatoms. The van der Waals surface area contributed by atoms with Crippen LogP contribution in [0.4, 0.5) is 18.9 Å². The number of thiophene rings is 1. The molecule has 2 N–H and O–H groups in total. The monoisotopic (exact) mass is 463 g/mol. The van der Waals surface area contributed by atoms with Gasteiger partial charge in [-0.3, -0.25) is 9.59 Å². The van der Waals surface area contributed by atoms with Gasteiger partial charge in [0, 0.05) is 29.0 Å². The molecule has 0 saturated heterocycles. The molecule has 3 heterocycles. The number of H-pyrrole nitrogens is 1. The molecule has 1 aromatic carbocycles. The molecule has 0 radical (unpaired) electrons. The smallest absolute Gasteiger partial charge is 0.329 e. The summed E-state index contributed by atoms with van der Waals surface area (Å²) in [5.41, 5.74) is 1.43. The lowest BCUT2D eigenvalue weighted by atomic mass is 10.2. The van der Waals surface area contributed by atoms with Crippen LogP contribution in [0.25, 0.3) is 21.6 Å². The van der Waals surface area contributed by atoms with Gasteiger partial charge in [0.15, 0.2) is 0 Å². The number of aryl methyl sites for hydroxylation is 3. The van der Waals surface area contributed by atoms with Crippen molar-refractivity contribution in [2.75, 3.05) is 5.32 Å². The molecule has 32 heavy (non-hydrogen) atoms. The first-order valence-corrected chi connectivity index (χ1v) is 10.2. The van der Waals surface area contributed by atoms with Crippen molar-refractivity contribution in [2.24, 2.45) is 0 Å². The van der Waals surface area contributed by atoms with Crippen LogP contribution in [0.5, 0.6) is 0 Å². The highest BCUT2D eigenvalue weighted by Crippen LogP contribution is 2.29. The van der Waals surface area contributed by atoms with Crippen molar-refractivity contribution in [2.45, 2.75) is 32.9 Å². The summed E-state index contributed by atoms with van der Waals surface area (Å²) in [6.45, 7) is 3.80. The Balaban J connectivity index is 1.39. The second-order valence-corrected chi connectivity index (χ2v) is 8.23. The number of nitrogens with zero attached hydrogens (tertiary/aromatic N) is 3. The number of carbonyl (C=O) groups excluding carboxylic acids is 1. The van der Waals surface area contributed by atoms with Gasteiger partial charge in [-0.1, -0.05) is 5.16 Å². The van der Waals surface area contributed by atoms with Crippen LogP contribution < -0.4 is 10.9 Å². The van der Waals surface area contributed by atoms with Crippen molar-refractivity contribution in [3.8, 4) is 11.4 Å². The summed E-state index contributed by atoms with van der Waals surface area (Å²) in [4.78, 5) is 36.7. The number of halogens is 3. The van der Waals surface area contributed by atoms with Crippen LogP contribution in [0.15, 0.2) is 33.6 Å². The van der Waals surface area contributed by atoms with Gasteiger partial charge in [0.05, 0.1) is 5.39 Å². The Labute approximate surface area is 182 Å². The quantitative estimate of drug-likeness (QED) is 0.458. The van der Waals surface area contributed by atoms with Crippen LogP contribution in [-0.4, -0.2) is 26.0 Å². The Bertz CT molecular complexity index is 1360. The molecular weight excluding hydrogens is 447 g/mol. The van der Waals surface area contributed by atoms with Crippen molar-refractivity contribution in [3.05, 3.63) is 56.8 Å². The van der Waals surface area contributed by atoms with Crippen LogP contribution in [0.1, 0.15) is 28.6 Å². The minimum absolute atomic E-state index is 0.0827. The van der Waals surface area contributed by atoms with Gasteiger partial charge < -0.3 is 14.8 Å². The fourth-order valence-electron chi connectivity index (χ4n) is 3.03. The Morgan fingerprint density at radius 3 is 2.56 bits per heavy atom. The number of hydrogen-bond acceptors (Lipinski definition) is 7. The van der Waals surface area contributed by atoms with E-state index in [2.05, 4.69) is 29.9 Å². The molecule has 3 aromatic heterocycles. The van der Waals surface area contributed by atoms with Crippen LogP contribution >= 0.6 is 11.3 Å². The third-order valence-electron chi connectivity index (χ3n) is 4.77. The van der Waals surface area contributed by atoms with E-state index in [1.165, 1.54) is 35.6 Å². The summed E-state index contributed by atoms with van der Waals surface area (Å²) in [6, 6.07) is 5.96. The van der Waals surface area contributed by atoms with Crippen LogP contribution in [0.3, 0.4) is 0 Å². The molecule has 4 rings (SSSR count). The van der Waals surface area contributed by atoms with E-state index in [1.807, 2.05) is 13.8 Å². The number of aromatic amines is 1. The number of alkyl halides is 3. The van der Waals surface area contributed by atoms with Gasteiger partial charge in [-0.25, -0.2) is 4.98 Å². The minimum Gasteiger partial charge on any atom is -0.329 e. The fraction of sp³-hybridized carbons (Fsp3) is 0.250. The zero-order valence-electron chi connectivity index (χ0n) is 16.8. The highest BCUT2D eigenvalue weighted by Gasteiger charge is 2.38. The number of amides is 1. The van der Waals surface area contributed by atoms with E-state index >= 15 is 0 Å². The molecule has 0 aliphatic rings. The first-order valence-electron chi connectivity index (χ1n) is 9.42. The second-order valence-electron chi connectivity index (χ2n) is 7.02. The molecule has 8 nitrogen and oxygen atoms in total. The van der Waals surface area contributed by atoms with Crippen molar-refractivity contribution < 1.29 is 22.5 Å². The second kappa shape index (κ2) is 8.19. The van der Waals surface area contributed by atoms with Crippen molar-refractivity contribution in [1.29, 1.82) is 0 Å². The Morgan fingerprint density at radius 2 is 1.91 bits per heavy atom. The first kappa shape index (κ1) is 21.7. The first-order chi connectivity index (χ1) is 15.1. The average Bonchev–Trinajstić information content (AvgIpc) is 3.33. The molecular formula is C20H16F3N5O3S. The number of benzene rings is 1. The summed E-state index contributed by atoms with van der Waals surface area (Å²) >= 11 is 1.44. The standard InChI is InChI=1S/C20H16F3N5O3S/c1-9-10(2)32-18-15(9)17(30)25-13(26-18)7-8-14(29)24-12-5-3-11(4-6-12)16-27-19(31-28-16)20(21,22)23/h3-6H,7-8H2,1-2H3,(H,24,29)(H,25,26,30). The molecule has 166 valence electrons. The highest BCUT2D eigenvalue weighted by molar-refractivity contribution is 7.18. The van der Waals surface area contributed by atoms with Gasteiger partial charge in [-0.15, -0.1) is 11.3 Å². The molecule has 0 aliphatic carbocycles. The lowest BCUT2D eigenvalue weighted by Gasteiger charge is -2.06. The van der Waals surface area contributed by atoms with E-state index in [-0.39, 0.29) is 30.1 Å². The van der Waals surface area contributed by atoms with Crippen LogP contribution in [0, 0.1) is 13.8 Å². The van der Waals surface area contributed by atoms with Crippen LogP contribution in [-0.2, 0) is 17.4 Å². The van der Waals surface area contributed by atoms with E-state index < -0.39 is 12.1 Å². The van der Waals surface area contributed by atoms with Gasteiger partial charge in [0.1, 0.15) is 10.7 Å². The van der Waals surface area contributed by atoms with Crippen molar-refractivity contribution >= 4 is 33.1 Å². The average molecular weight is 463 g/mol. The number of hydrogen-bond donors (Lipinski definition) is 2. The predicted octanol–water partition coefficient (Wildman–Crippen LogP) is 4.24. The SMILES string of the molecule is Cc1sc2nc(CCC(=O)Nc3ccc(-c4noc(C(F)(F)F)n4)cc3)[nH]c(=O)c2c1C. The number of fused-ring (bicyclic) bond motifs is 1. The number of rotatable bonds is 5. The maximum Gasteiger partial charge on any atom is 0.471 e. The maximum absolute atomic E-state index is 12.6. The molecule has 0 saturated carbocycles. The largest absolute Gasteiger partial charge is 0.471 e. The zero-order valence-corrected chi connectivity index (χ0v) is 17.6. The number of carbonyl (C=O) groups is 1. The molecule has 1 amide bonds. The van der Waals surface area contributed by atoms with E-state index in [0.29, 0.717) is 27.3 Å². The molecule has 0 aliphatic heterocycles. The summed E-state index contributed by atoms with van der Waals surface area (Å²) < 4.78 is 41.9. The van der Waals surface area contributed by atoms with Gasteiger partial charge in [-0.2, -0.15) is 18.2 Å². The molecule has 4 aromatic rings. The van der Waals surface area contributed by atoms with Crippen molar-refractivity contribution in [3.63, 3.8) is 0 Å². The third-order valence-corrected chi connectivity index (χ3v) is 5.87. The van der Waals surface area contributed by atoms with E-state index in [4.69, 9.17) is 0 Å². The summed E-state index contributed by atoms with van der Waals surface area (Å²) in [6.07, 6.45) is -4.39. The summed E-state index contributed by atoms with van der Waals surface area (Å²) in [7, 11) is 0. The highest BCUT2D eigenvalue weighted by atomic mass is 32.1. The van der Waals surface area contributed by atoms with E-state index in [9.17, 15) is 22.8 Å². The van der Waals surface area contributed by atoms with Gasteiger partial charge in [0.25, 0.3) is 5.56 Å². The molecule has 0 fully saturated rings. The molecule has 0 unspecified atom stereocenters. The van der Waals surface area contributed by atoms with Crippen molar-refractivity contribution in [1.82, 2.24) is 20.1 Å². The minimum atomic E-state index is -4.72. The molecule has 0 bridgehead atoms. The summed E-state index contributed by atoms with van der Waals surface area (Å²) in [5, 5.41) is 6.57. The van der Waals surface area contributed by atoms with E-state index in [1.54, 1.807) is 0 Å². The Kier molecular flexibility index (Phi) is 5.55. The van der Waals surface area contributed by atoms with Crippen LogP contribution in [0.2, 0.25) is 0 Å². The van der Waals surface area contributed by atoms with E-state index in [0.717, 1.165) is 10.4 Å². The topological polar surface area (TPSA) is 114 Å². The molecule has 0 atom stereocenters. The lowest BCUT2D eigenvalue weighted by molar-refractivity contribution is -0.159. The summed E-state index contributed by atoms with van der Waals surface area (Å²) in [5.74, 6) is -1.52. The molecule has 0 spiro atoms. The number of anilines is 1. The third kappa shape index (κ3) is 4.40. The number of nitrogens with one attached hydrogen (secondary N) is 2. The zero-order chi connectivity index (χ0) is 23.0. The van der Waals surface area contributed by atoms with Gasteiger partial charge >= 0.3 is 12.1 Å².